The fourth-order valence-electron chi connectivity index (χ4n) is 1.86. The Bertz CT molecular complexity index is 520. The number of hydrogen-bond acceptors (Lipinski definition) is 3. The lowest BCUT2D eigenvalue weighted by molar-refractivity contribution is 0.411. The zero-order chi connectivity index (χ0) is 13.0. The summed E-state index contributed by atoms with van der Waals surface area (Å²) in [4.78, 5) is 0. The van der Waals surface area contributed by atoms with Crippen LogP contribution in [0.3, 0.4) is 0 Å². The summed E-state index contributed by atoms with van der Waals surface area (Å²) in [5, 5.41) is 7.79. The number of nitrogens with one attached hydrogen (secondary N) is 1. The van der Waals surface area contributed by atoms with Gasteiger partial charge >= 0.3 is 0 Å². The van der Waals surface area contributed by atoms with Crippen LogP contribution in [0.1, 0.15) is 18.2 Å². The highest BCUT2D eigenvalue weighted by Gasteiger charge is 2.03. The Balaban J connectivity index is 2.20. The normalized spacial score (nSPS) is 10.6. The van der Waals surface area contributed by atoms with Crippen molar-refractivity contribution in [2.24, 2.45) is 0 Å². The summed E-state index contributed by atoms with van der Waals surface area (Å²) in [6.45, 7) is 5.88. The summed E-state index contributed by atoms with van der Waals surface area (Å²) in [5.41, 5.74) is 3.21. The minimum atomic E-state index is 0.804. The molecule has 0 saturated carbocycles. The molecule has 0 bridgehead atoms. The molecule has 2 aromatic rings. The molecule has 1 aromatic carbocycles. The molecule has 96 valence electrons. The van der Waals surface area contributed by atoms with Gasteiger partial charge in [-0.2, -0.15) is 5.10 Å². The van der Waals surface area contributed by atoms with Crippen molar-refractivity contribution >= 4 is 0 Å². The summed E-state index contributed by atoms with van der Waals surface area (Å²) in [6.07, 6.45) is 1.98. The highest BCUT2D eigenvalue weighted by Crippen LogP contribution is 2.20. The van der Waals surface area contributed by atoms with Crippen LogP contribution in [0.4, 0.5) is 0 Å². The number of nitrogens with zero attached hydrogens (tertiary/aromatic N) is 2. The Labute approximate surface area is 108 Å². The van der Waals surface area contributed by atoms with Gasteiger partial charge in [0.2, 0.25) is 0 Å². The quantitative estimate of drug-likeness (QED) is 0.878. The van der Waals surface area contributed by atoms with Gasteiger partial charge in [0.15, 0.2) is 0 Å². The average Bonchev–Trinajstić information content (AvgIpc) is 2.85. The Kier molecular flexibility index (Phi) is 3.99. The van der Waals surface area contributed by atoms with Crippen molar-refractivity contribution in [2.45, 2.75) is 20.4 Å². The standard InChI is InChI=1S/C14H19N3O/c1-4-15-10-12-7-8-17(16-12)13-5-6-14(18-3)11(2)9-13/h5-9,15H,4,10H2,1-3H3. The van der Waals surface area contributed by atoms with Crippen LogP contribution in [0.2, 0.25) is 0 Å². The Morgan fingerprint density at radius 3 is 2.83 bits per heavy atom. The maximum absolute atomic E-state index is 5.25. The lowest BCUT2D eigenvalue weighted by atomic mass is 10.2. The van der Waals surface area contributed by atoms with Gasteiger partial charge in [-0.25, -0.2) is 4.68 Å². The second-order valence-electron chi connectivity index (χ2n) is 4.19. The average molecular weight is 245 g/mol. The van der Waals surface area contributed by atoms with E-state index in [4.69, 9.17) is 4.74 Å². The first-order chi connectivity index (χ1) is 8.74. The third-order valence-corrected chi connectivity index (χ3v) is 2.84. The van der Waals surface area contributed by atoms with Crippen LogP contribution in [0.5, 0.6) is 5.75 Å². The van der Waals surface area contributed by atoms with Crippen LogP contribution < -0.4 is 10.1 Å². The summed E-state index contributed by atoms with van der Waals surface area (Å²) in [7, 11) is 1.68. The van der Waals surface area contributed by atoms with E-state index in [1.54, 1.807) is 7.11 Å². The van der Waals surface area contributed by atoms with E-state index >= 15 is 0 Å². The number of rotatable bonds is 5. The van der Waals surface area contributed by atoms with Gasteiger partial charge in [0, 0.05) is 12.7 Å². The summed E-state index contributed by atoms with van der Waals surface area (Å²) in [6, 6.07) is 8.08. The molecule has 0 unspecified atom stereocenters. The summed E-state index contributed by atoms with van der Waals surface area (Å²) < 4.78 is 7.14. The largest absolute Gasteiger partial charge is 0.496 e. The van der Waals surface area contributed by atoms with Crippen LogP contribution in [-0.4, -0.2) is 23.4 Å². The molecule has 4 nitrogen and oxygen atoms in total. The van der Waals surface area contributed by atoms with Crippen LogP contribution >= 0.6 is 0 Å². The highest BCUT2D eigenvalue weighted by atomic mass is 16.5. The number of aromatic nitrogens is 2. The predicted octanol–water partition coefficient (Wildman–Crippen LogP) is 2.30. The van der Waals surface area contributed by atoms with Crippen LogP contribution in [0.15, 0.2) is 30.5 Å². The van der Waals surface area contributed by atoms with E-state index in [1.165, 1.54) is 0 Å². The summed E-state index contributed by atoms with van der Waals surface area (Å²) >= 11 is 0. The zero-order valence-corrected chi connectivity index (χ0v) is 11.1. The van der Waals surface area contributed by atoms with Gasteiger partial charge in [0.25, 0.3) is 0 Å². The van der Waals surface area contributed by atoms with Crippen LogP contribution in [-0.2, 0) is 6.54 Å². The molecule has 1 aromatic heterocycles. The monoisotopic (exact) mass is 245 g/mol. The number of methoxy groups -OCH3 is 1. The number of ether oxygens (including phenoxy) is 1. The molecule has 1 heterocycles. The molecule has 2 rings (SSSR count). The maximum Gasteiger partial charge on any atom is 0.121 e. The van der Waals surface area contributed by atoms with Crippen LogP contribution in [0, 0.1) is 6.92 Å². The highest BCUT2D eigenvalue weighted by molar-refractivity contribution is 5.43. The van der Waals surface area contributed by atoms with E-state index in [9.17, 15) is 0 Å². The van der Waals surface area contributed by atoms with Crippen molar-refractivity contribution in [1.29, 1.82) is 0 Å². The zero-order valence-electron chi connectivity index (χ0n) is 11.1. The Morgan fingerprint density at radius 1 is 1.33 bits per heavy atom. The number of benzene rings is 1. The van der Waals surface area contributed by atoms with Gasteiger partial charge in [-0.1, -0.05) is 6.92 Å². The minimum Gasteiger partial charge on any atom is -0.496 e. The van der Waals surface area contributed by atoms with Crippen molar-refractivity contribution in [1.82, 2.24) is 15.1 Å². The van der Waals surface area contributed by atoms with Gasteiger partial charge in [-0.05, 0) is 43.3 Å². The first-order valence-corrected chi connectivity index (χ1v) is 6.15. The van der Waals surface area contributed by atoms with Gasteiger partial charge in [0.1, 0.15) is 5.75 Å². The van der Waals surface area contributed by atoms with Crippen molar-refractivity contribution in [3.8, 4) is 11.4 Å². The lowest BCUT2D eigenvalue weighted by Crippen LogP contribution is -2.12. The second-order valence-corrected chi connectivity index (χ2v) is 4.19. The summed E-state index contributed by atoms with van der Waals surface area (Å²) in [5.74, 6) is 0.902. The number of hydrogen-bond donors (Lipinski definition) is 1. The van der Waals surface area contributed by atoms with Crippen molar-refractivity contribution in [2.75, 3.05) is 13.7 Å². The lowest BCUT2D eigenvalue weighted by Gasteiger charge is -2.07. The van der Waals surface area contributed by atoms with E-state index in [0.717, 1.165) is 35.8 Å². The molecule has 18 heavy (non-hydrogen) atoms. The van der Waals surface area contributed by atoms with E-state index < -0.39 is 0 Å². The minimum absolute atomic E-state index is 0.804. The smallest absolute Gasteiger partial charge is 0.121 e. The van der Waals surface area contributed by atoms with E-state index in [0.29, 0.717) is 0 Å². The molecule has 0 radical (unpaired) electrons. The Morgan fingerprint density at radius 2 is 2.17 bits per heavy atom. The van der Waals surface area contributed by atoms with E-state index in [1.807, 2.05) is 36.0 Å². The van der Waals surface area contributed by atoms with E-state index in [-0.39, 0.29) is 0 Å². The molecule has 4 heteroatoms. The molecule has 0 amide bonds. The van der Waals surface area contributed by atoms with Crippen molar-refractivity contribution < 1.29 is 4.74 Å². The molecule has 0 aliphatic rings. The first-order valence-electron chi connectivity index (χ1n) is 6.15. The molecule has 0 aliphatic carbocycles. The molecule has 0 fully saturated rings. The predicted molar refractivity (Wildman–Crippen MR) is 72.2 cm³/mol. The Hall–Kier alpha value is -1.81. The molecule has 0 atom stereocenters. The van der Waals surface area contributed by atoms with Gasteiger partial charge in [-0.15, -0.1) is 0 Å². The fourth-order valence-corrected chi connectivity index (χ4v) is 1.86. The third-order valence-electron chi connectivity index (χ3n) is 2.84. The first kappa shape index (κ1) is 12.6. The van der Waals surface area contributed by atoms with E-state index in [2.05, 4.69) is 23.4 Å². The third kappa shape index (κ3) is 2.71. The fraction of sp³-hybridized carbons (Fsp3) is 0.357. The topological polar surface area (TPSA) is 39.1 Å². The van der Waals surface area contributed by atoms with Crippen molar-refractivity contribution in [3.05, 3.63) is 41.7 Å². The van der Waals surface area contributed by atoms with Gasteiger partial charge in [0.05, 0.1) is 18.5 Å². The molecule has 1 N–H and O–H groups in total. The molecular formula is C14H19N3O. The maximum atomic E-state index is 5.25. The van der Waals surface area contributed by atoms with Crippen molar-refractivity contribution in [3.63, 3.8) is 0 Å². The van der Waals surface area contributed by atoms with Gasteiger partial charge in [-0.3, -0.25) is 0 Å². The van der Waals surface area contributed by atoms with Crippen LogP contribution in [0.25, 0.3) is 5.69 Å². The molecule has 0 aliphatic heterocycles. The SMILES string of the molecule is CCNCc1ccn(-c2ccc(OC)c(C)c2)n1. The second kappa shape index (κ2) is 5.69. The molecular weight excluding hydrogens is 226 g/mol. The number of aryl methyl sites for hydroxylation is 1. The molecule has 0 saturated heterocycles. The van der Waals surface area contributed by atoms with Gasteiger partial charge < -0.3 is 10.1 Å². The molecule has 0 spiro atoms.